The van der Waals surface area contributed by atoms with Crippen LogP contribution in [0, 0.1) is 11.8 Å². The summed E-state index contributed by atoms with van der Waals surface area (Å²) in [5.41, 5.74) is 0.00297. The van der Waals surface area contributed by atoms with Crippen molar-refractivity contribution in [3.8, 4) is 5.75 Å². The maximum Gasteiger partial charge on any atom is 0.249 e. The van der Waals surface area contributed by atoms with Gasteiger partial charge < -0.3 is 34.0 Å². The molecule has 2 aromatic rings. The summed E-state index contributed by atoms with van der Waals surface area (Å²) in [5, 5.41) is 10.8. The number of rotatable bonds is 9. The first kappa shape index (κ1) is 31.6. The quantitative estimate of drug-likeness (QED) is 0.414. The van der Waals surface area contributed by atoms with Crippen molar-refractivity contribution in [3.05, 3.63) is 84.5 Å². The second kappa shape index (κ2) is 13.2. The maximum absolute atomic E-state index is 14.9. The summed E-state index contributed by atoms with van der Waals surface area (Å²) in [6.45, 7) is 6.77. The number of aliphatic hydroxyl groups is 1. The second-order valence-electron chi connectivity index (χ2n) is 12.6. The lowest BCUT2D eigenvalue weighted by molar-refractivity contribution is -0.150. The molecule has 0 radical (unpaired) electrons. The van der Waals surface area contributed by atoms with Crippen molar-refractivity contribution < 1.29 is 33.7 Å². The van der Waals surface area contributed by atoms with E-state index in [0.717, 1.165) is 13.1 Å². The van der Waals surface area contributed by atoms with Crippen LogP contribution in [0.1, 0.15) is 18.5 Å². The second-order valence-corrected chi connectivity index (χ2v) is 12.6. The van der Waals surface area contributed by atoms with Crippen LogP contribution in [0.3, 0.4) is 0 Å². The van der Waals surface area contributed by atoms with Crippen molar-refractivity contribution in [2.24, 2.45) is 11.8 Å². The summed E-state index contributed by atoms with van der Waals surface area (Å²) in [6, 6.07) is 14.7. The van der Waals surface area contributed by atoms with Gasteiger partial charge in [0, 0.05) is 45.0 Å². The van der Waals surface area contributed by atoms with Crippen molar-refractivity contribution in [1.29, 1.82) is 0 Å². The minimum absolute atomic E-state index is 0.241. The molecule has 11 heteroatoms. The molecule has 1 N–H and O–H groups in total. The van der Waals surface area contributed by atoms with Gasteiger partial charge in [0.1, 0.15) is 17.4 Å². The molecule has 11 nitrogen and oxygen atoms in total. The molecule has 248 valence electrons. The Hall–Kier alpha value is -4.03. The van der Waals surface area contributed by atoms with Crippen molar-refractivity contribution in [3.63, 3.8) is 0 Å². The molecule has 6 atom stereocenters. The number of aliphatic hydroxyl groups excluding tert-OH is 1. The van der Waals surface area contributed by atoms with Gasteiger partial charge in [-0.25, -0.2) is 0 Å². The smallest absolute Gasteiger partial charge is 0.249 e. The fraction of sp³-hybridized carbons (Fsp3) is 0.472. The zero-order valence-corrected chi connectivity index (χ0v) is 26.6. The van der Waals surface area contributed by atoms with Crippen molar-refractivity contribution in [2.45, 2.75) is 30.7 Å². The summed E-state index contributed by atoms with van der Waals surface area (Å²) in [6.07, 6.45) is 6.81. The summed E-state index contributed by atoms with van der Waals surface area (Å²) in [4.78, 5) is 51.4. The lowest BCUT2D eigenvalue weighted by Gasteiger charge is -2.39. The van der Waals surface area contributed by atoms with E-state index in [1.54, 1.807) is 9.80 Å². The average molecular weight is 643 g/mol. The third-order valence-electron chi connectivity index (χ3n) is 10.1. The molecule has 5 heterocycles. The van der Waals surface area contributed by atoms with Gasteiger partial charge in [-0.3, -0.25) is 19.3 Å². The third kappa shape index (κ3) is 5.54. The van der Waals surface area contributed by atoms with Gasteiger partial charge in [0.25, 0.3) is 0 Å². The lowest BCUT2D eigenvalue weighted by atomic mass is 9.77. The molecule has 3 amide bonds. The summed E-state index contributed by atoms with van der Waals surface area (Å²) < 4.78 is 17.9. The molecule has 0 saturated carbocycles. The Morgan fingerprint density at radius 3 is 2.43 bits per heavy atom. The Kier molecular flexibility index (Phi) is 8.89. The van der Waals surface area contributed by atoms with Crippen molar-refractivity contribution >= 4 is 23.4 Å². The largest absolute Gasteiger partial charge is 0.494 e. The fourth-order valence-electron chi connectivity index (χ4n) is 7.90. The van der Waals surface area contributed by atoms with Gasteiger partial charge in [-0.1, -0.05) is 54.6 Å². The molecule has 1 unspecified atom stereocenters. The van der Waals surface area contributed by atoms with E-state index in [2.05, 4.69) is 4.90 Å². The molecule has 5 aliphatic heterocycles. The Labute approximate surface area is 274 Å². The molecule has 5 aliphatic rings. The normalized spacial score (nSPS) is 29.7. The Bertz CT molecular complexity index is 1530. The number of hydrogen-bond donors (Lipinski definition) is 1. The average Bonchev–Trinajstić information content (AvgIpc) is 3.42. The first-order valence-corrected chi connectivity index (χ1v) is 16.6. The van der Waals surface area contributed by atoms with Gasteiger partial charge in [0.15, 0.2) is 0 Å². The van der Waals surface area contributed by atoms with Gasteiger partial charge >= 0.3 is 0 Å². The highest BCUT2D eigenvalue weighted by Gasteiger charge is 2.72. The van der Waals surface area contributed by atoms with Crippen LogP contribution in [0.2, 0.25) is 0 Å². The third-order valence-corrected chi connectivity index (χ3v) is 10.1. The molecule has 0 aliphatic carbocycles. The fourth-order valence-corrected chi connectivity index (χ4v) is 7.90. The van der Waals surface area contributed by atoms with Crippen LogP contribution in [0.5, 0.6) is 5.75 Å². The van der Waals surface area contributed by atoms with Gasteiger partial charge in [-0.05, 0) is 36.8 Å². The molecule has 1 spiro atoms. The predicted octanol–water partition coefficient (Wildman–Crippen LogP) is 2.03. The first-order valence-electron chi connectivity index (χ1n) is 16.6. The van der Waals surface area contributed by atoms with E-state index < -0.39 is 35.6 Å². The monoisotopic (exact) mass is 642 g/mol. The number of fused-ring (bicyclic) bond motifs is 2. The van der Waals surface area contributed by atoms with Crippen LogP contribution in [0.25, 0.3) is 0 Å². The lowest BCUT2D eigenvalue weighted by Crippen LogP contribution is -2.57. The molecular formula is C36H42N4O7. The van der Waals surface area contributed by atoms with E-state index in [1.807, 2.05) is 85.8 Å². The minimum Gasteiger partial charge on any atom is -0.494 e. The first-order chi connectivity index (χ1) is 23.0. The van der Waals surface area contributed by atoms with Crippen LogP contribution in [-0.4, -0.2) is 121 Å². The highest BCUT2D eigenvalue weighted by atomic mass is 16.5. The molecule has 3 fully saturated rings. The van der Waals surface area contributed by atoms with Gasteiger partial charge in [-0.15, -0.1) is 0 Å². The maximum atomic E-state index is 14.9. The molecule has 7 rings (SSSR count). The Morgan fingerprint density at radius 2 is 1.70 bits per heavy atom. The van der Waals surface area contributed by atoms with E-state index in [1.165, 1.54) is 4.90 Å². The van der Waals surface area contributed by atoms with E-state index >= 15 is 0 Å². The van der Waals surface area contributed by atoms with Crippen LogP contribution in [0.4, 0.5) is 5.69 Å². The highest BCUT2D eigenvalue weighted by Crippen LogP contribution is 2.55. The number of hydrogen-bond acceptors (Lipinski definition) is 8. The highest BCUT2D eigenvalue weighted by molar-refractivity contribution is 6.04. The Morgan fingerprint density at radius 1 is 0.936 bits per heavy atom. The number of ether oxygens (including phenoxy) is 3. The van der Waals surface area contributed by atoms with Crippen molar-refractivity contribution in [1.82, 2.24) is 14.7 Å². The standard InChI is InChI=1S/C36H42N4O7/c1-2-46-27-13-11-26(12-14-27)39-17-6-10-29-30(33(39)42)31-34(43)40(28(24-41)25-8-4-3-5-9-25)32-35(44)38(16-7-15-36(31,32)47-29)19-18-37-20-22-45-23-21-37/h3-15,28-32,41H,2,16-24H2,1H3/t28-,29-,30+,31+,32?,36+/m1/s1. The topological polar surface area (TPSA) is 112 Å². The van der Waals surface area contributed by atoms with Crippen LogP contribution < -0.4 is 9.64 Å². The van der Waals surface area contributed by atoms with Crippen molar-refractivity contribution in [2.75, 3.05) is 70.6 Å². The Balaban J connectivity index is 1.26. The van der Waals surface area contributed by atoms with Gasteiger partial charge in [0.05, 0.1) is 50.4 Å². The molecule has 3 saturated heterocycles. The number of nitrogens with zero attached hydrogens (tertiary/aromatic N) is 4. The summed E-state index contributed by atoms with van der Waals surface area (Å²) in [7, 11) is 0. The summed E-state index contributed by atoms with van der Waals surface area (Å²) in [5.74, 6) is -1.98. The molecule has 0 aromatic heterocycles. The van der Waals surface area contributed by atoms with Crippen LogP contribution in [-0.2, 0) is 23.9 Å². The van der Waals surface area contributed by atoms with Crippen LogP contribution >= 0.6 is 0 Å². The zero-order chi connectivity index (χ0) is 32.5. The van der Waals surface area contributed by atoms with Crippen LogP contribution in [0.15, 0.2) is 78.9 Å². The molecular weight excluding hydrogens is 600 g/mol. The summed E-state index contributed by atoms with van der Waals surface area (Å²) >= 11 is 0. The number of morpholine rings is 1. The van der Waals surface area contributed by atoms with E-state index in [-0.39, 0.29) is 24.3 Å². The number of amides is 3. The van der Waals surface area contributed by atoms with Gasteiger partial charge in [0.2, 0.25) is 17.7 Å². The number of likely N-dealkylation sites (tertiary alicyclic amines) is 1. The predicted molar refractivity (Wildman–Crippen MR) is 174 cm³/mol. The molecule has 0 bridgehead atoms. The SMILES string of the molecule is CCOc1ccc(N2CC=C[C@H]3O[C@]45C=CCN(CCN6CCOCC6)C(=O)C4N([C@H](CO)c4ccccc4)C(=O)[C@@H]5[C@H]3C2=O)cc1. The number of benzene rings is 2. The van der Waals surface area contributed by atoms with Gasteiger partial charge in [-0.2, -0.15) is 0 Å². The number of carbonyl (C=O) groups is 3. The number of anilines is 1. The number of carbonyl (C=O) groups excluding carboxylic acids is 3. The zero-order valence-electron chi connectivity index (χ0n) is 26.6. The molecule has 2 aromatic carbocycles. The van der Waals surface area contributed by atoms with E-state index in [9.17, 15) is 19.5 Å². The molecule has 47 heavy (non-hydrogen) atoms. The van der Waals surface area contributed by atoms with E-state index in [4.69, 9.17) is 14.2 Å². The van der Waals surface area contributed by atoms with E-state index in [0.29, 0.717) is 63.0 Å². The minimum atomic E-state index is -1.39.